The first kappa shape index (κ1) is 9.07. The second kappa shape index (κ2) is 4.90. The molecule has 1 unspecified atom stereocenters. The Balaban J connectivity index is 3.16. The molecule has 0 heterocycles. The van der Waals surface area contributed by atoms with Gasteiger partial charge in [0.15, 0.2) is 5.17 Å². The monoisotopic (exact) mass is 167 g/mol. The van der Waals surface area contributed by atoms with Crippen molar-refractivity contribution in [2.24, 2.45) is 11.5 Å². The fourth-order valence-electron chi connectivity index (χ4n) is 0.248. The minimum Gasteiger partial charge on any atom is -0.379 e. The standard InChI is InChI=1S/C4H10ClN3S/c5-3(1-6)2-9-4(7)8/h3H,1-2,6H2,(H3,7,8). The van der Waals surface area contributed by atoms with Crippen molar-refractivity contribution in [3.05, 3.63) is 0 Å². The Morgan fingerprint density at radius 3 is 2.67 bits per heavy atom. The van der Waals surface area contributed by atoms with E-state index >= 15 is 0 Å². The van der Waals surface area contributed by atoms with Gasteiger partial charge in [-0.05, 0) is 0 Å². The molecule has 0 saturated heterocycles. The van der Waals surface area contributed by atoms with Crippen LogP contribution in [0.15, 0.2) is 0 Å². The van der Waals surface area contributed by atoms with E-state index in [1.165, 1.54) is 11.8 Å². The maximum absolute atomic E-state index is 6.80. The highest BCUT2D eigenvalue weighted by atomic mass is 35.5. The molecule has 0 aliphatic rings. The lowest BCUT2D eigenvalue weighted by molar-refractivity contribution is 0.953. The summed E-state index contributed by atoms with van der Waals surface area (Å²) in [7, 11) is 0. The van der Waals surface area contributed by atoms with Crippen LogP contribution in [0.5, 0.6) is 0 Å². The van der Waals surface area contributed by atoms with Crippen LogP contribution >= 0.6 is 23.4 Å². The molecule has 0 bridgehead atoms. The van der Waals surface area contributed by atoms with Gasteiger partial charge < -0.3 is 11.5 Å². The minimum absolute atomic E-state index is 0.0705. The van der Waals surface area contributed by atoms with Crippen LogP contribution in [-0.2, 0) is 0 Å². The first-order valence-electron chi connectivity index (χ1n) is 2.47. The van der Waals surface area contributed by atoms with Gasteiger partial charge >= 0.3 is 0 Å². The molecule has 0 aliphatic carbocycles. The van der Waals surface area contributed by atoms with Crippen LogP contribution in [0.4, 0.5) is 0 Å². The summed E-state index contributed by atoms with van der Waals surface area (Å²) in [6, 6.07) is 0. The van der Waals surface area contributed by atoms with Gasteiger partial charge in [0.2, 0.25) is 0 Å². The van der Waals surface area contributed by atoms with Gasteiger partial charge in [-0.3, -0.25) is 5.41 Å². The molecular weight excluding hydrogens is 158 g/mol. The van der Waals surface area contributed by atoms with E-state index in [2.05, 4.69) is 0 Å². The maximum Gasteiger partial charge on any atom is 0.151 e. The lowest BCUT2D eigenvalue weighted by Crippen LogP contribution is -2.18. The molecule has 0 fully saturated rings. The predicted molar refractivity (Wildman–Crippen MR) is 43.1 cm³/mol. The van der Waals surface area contributed by atoms with E-state index < -0.39 is 0 Å². The van der Waals surface area contributed by atoms with Gasteiger partial charge in [0.05, 0.1) is 5.38 Å². The van der Waals surface area contributed by atoms with Crippen LogP contribution in [0.25, 0.3) is 0 Å². The molecule has 0 aromatic carbocycles. The fraction of sp³-hybridized carbons (Fsp3) is 0.750. The first-order chi connectivity index (χ1) is 4.16. The van der Waals surface area contributed by atoms with Crippen molar-refractivity contribution >= 4 is 28.5 Å². The van der Waals surface area contributed by atoms with Crippen molar-refractivity contribution in [3.8, 4) is 0 Å². The first-order valence-corrected chi connectivity index (χ1v) is 3.90. The van der Waals surface area contributed by atoms with Crippen molar-refractivity contribution in [1.29, 1.82) is 5.41 Å². The number of halogens is 1. The second-order valence-corrected chi connectivity index (χ2v) is 3.19. The summed E-state index contributed by atoms with van der Waals surface area (Å²) >= 11 is 6.82. The van der Waals surface area contributed by atoms with Crippen molar-refractivity contribution in [2.45, 2.75) is 5.38 Å². The van der Waals surface area contributed by atoms with E-state index in [4.69, 9.17) is 28.5 Å². The van der Waals surface area contributed by atoms with Gasteiger partial charge in [-0.15, -0.1) is 11.6 Å². The quantitative estimate of drug-likeness (QED) is 0.319. The molecule has 0 aliphatic heterocycles. The summed E-state index contributed by atoms with van der Waals surface area (Å²) in [6.45, 7) is 0.432. The van der Waals surface area contributed by atoms with Crippen LogP contribution in [0.1, 0.15) is 0 Å². The SMILES string of the molecule is N=C(N)SCC(Cl)CN. The molecule has 0 aromatic heterocycles. The Bertz CT molecular complexity index is 97.8. The average molecular weight is 168 g/mol. The second-order valence-electron chi connectivity index (χ2n) is 1.51. The molecule has 9 heavy (non-hydrogen) atoms. The maximum atomic E-state index is 6.80. The van der Waals surface area contributed by atoms with E-state index in [0.717, 1.165) is 0 Å². The molecule has 1 atom stereocenters. The summed E-state index contributed by atoms with van der Waals surface area (Å²) in [4.78, 5) is 0. The van der Waals surface area contributed by atoms with E-state index in [1.54, 1.807) is 0 Å². The molecular formula is C4H10ClN3S. The third kappa shape index (κ3) is 5.95. The molecule has 0 saturated carbocycles. The lowest BCUT2D eigenvalue weighted by Gasteiger charge is -2.02. The average Bonchev–Trinajstić information content (AvgIpc) is 1.83. The highest BCUT2D eigenvalue weighted by Crippen LogP contribution is 2.04. The molecule has 0 amide bonds. The largest absolute Gasteiger partial charge is 0.379 e. The number of amidine groups is 1. The van der Waals surface area contributed by atoms with Gasteiger partial charge in [0, 0.05) is 12.3 Å². The summed E-state index contributed by atoms with van der Waals surface area (Å²) in [5.74, 6) is 0.618. The number of hydrogen-bond donors (Lipinski definition) is 3. The van der Waals surface area contributed by atoms with Crippen LogP contribution in [0.2, 0.25) is 0 Å². The van der Waals surface area contributed by atoms with E-state index in [1.807, 2.05) is 0 Å². The Labute approximate surface area is 63.6 Å². The third-order valence-corrected chi connectivity index (χ3v) is 2.07. The zero-order valence-electron chi connectivity index (χ0n) is 4.93. The summed E-state index contributed by atoms with van der Waals surface area (Å²) in [5, 5.41) is 6.83. The zero-order chi connectivity index (χ0) is 7.28. The van der Waals surface area contributed by atoms with Crippen LogP contribution < -0.4 is 11.5 Å². The molecule has 5 heteroatoms. The van der Waals surface area contributed by atoms with Gasteiger partial charge in [0.1, 0.15) is 0 Å². The number of alkyl halides is 1. The number of nitrogens with two attached hydrogens (primary N) is 2. The number of rotatable bonds is 3. The molecule has 5 N–H and O–H groups in total. The van der Waals surface area contributed by atoms with Crippen LogP contribution in [-0.4, -0.2) is 22.8 Å². The Morgan fingerprint density at radius 2 is 2.33 bits per heavy atom. The molecule has 0 aromatic rings. The van der Waals surface area contributed by atoms with Crippen LogP contribution in [0.3, 0.4) is 0 Å². The Kier molecular flexibility index (Phi) is 4.94. The lowest BCUT2D eigenvalue weighted by atomic mass is 10.5. The predicted octanol–water partition coefficient (Wildman–Crippen LogP) is 0.179. The van der Waals surface area contributed by atoms with E-state index in [0.29, 0.717) is 12.3 Å². The van der Waals surface area contributed by atoms with E-state index in [9.17, 15) is 0 Å². The van der Waals surface area contributed by atoms with Gasteiger partial charge in [-0.25, -0.2) is 0 Å². The van der Waals surface area contributed by atoms with Crippen molar-refractivity contribution in [3.63, 3.8) is 0 Å². The smallest absolute Gasteiger partial charge is 0.151 e. The normalized spacial score (nSPS) is 13.1. The molecule has 0 radical (unpaired) electrons. The number of thioether (sulfide) groups is 1. The molecule has 0 spiro atoms. The molecule has 54 valence electrons. The molecule has 0 rings (SSSR count). The van der Waals surface area contributed by atoms with Gasteiger partial charge in [0.25, 0.3) is 0 Å². The molecule has 3 nitrogen and oxygen atoms in total. The third-order valence-electron chi connectivity index (χ3n) is 0.675. The summed E-state index contributed by atoms with van der Waals surface area (Å²) in [5.41, 5.74) is 10.2. The van der Waals surface area contributed by atoms with E-state index in [-0.39, 0.29) is 10.5 Å². The highest BCUT2D eigenvalue weighted by Gasteiger charge is 2.01. The van der Waals surface area contributed by atoms with Crippen molar-refractivity contribution in [2.75, 3.05) is 12.3 Å². The van der Waals surface area contributed by atoms with Gasteiger partial charge in [-0.1, -0.05) is 11.8 Å². The zero-order valence-corrected chi connectivity index (χ0v) is 6.50. The fourth-order valence-corrected chi connectivity index (χ4v) is 0.934. The highest BCUT2D eigenvalue weighted by molar-refractivity contribution is 8.13. The van der Waals surface area contributed by atoms with Crippen molar-refractivity contribution < 1.29 is 0 Å². The summed E-state index contributed by atoms with van der Waals surface area (Å²) in [6.07, 6.45) is 0. The summed E-state index contributed by atoms with van der Waals surface area (Å²) < 4.78 is 0. The van der Waals surface area contributed by atoms with Crippen LogP contribution in [0, 0.1) is 5.41 Å². The Morgan fingerprint density at radius 1 is 1.78 bits per heavy atom. The number of hydrogen-bond acceptors (Lipinski definition) is 3. The number of nitrogens with one attached hydrogen (secondary N) is 1. The topological polar surface area (TPSA) is 75.9 Å². The van der Waals surface area contributed by atoms with Crippen molar-refractivity contribution in [1.82, 2.24) is 0 Å². The Hall–Kier alpha value is 0.0700. The van der Waals surface area contributed by atoms with Gasteiger partial charge in [-0.2, -0.15) is 0 Å². The minimum atomic E-state index is -0.0705.